The van der Waals surface area contributed by atoms with Gasteiger partial charge in [0.1, 0.15) is 0 Å². The second kappa shape index (κ2) is 4.74. The molecule has 100 valence electrons. The van der Waals surface area contributed by atoms with E-state index < -0.39 is 6.09 Å². The molecular weight excluding hydrogens is 266 g/mol. The number of amides is 1. The standard InChI is InChI=1S/C13H14ClN3O2/c14-9-1-2-10-11(7-9)15-16-12(10)8-3-5-17(6-4-8)13(18)19/h1-2,7-8H,3-6H2,(H,15,16)(H,18,19). The highest BCUT2D eigenvalue weighted by Crippen LogP contribution is 2.32. The van der Waals surface area contributed by atoms with E-state index in [1.54, 1.807) is 0 Å². The minimum atomic E-state index is -0.834. The van der Waals surface area contributed by atoms with Crippen LogP contribution in [0.5, 0.6) is 0 Å². The van der Waals surface area contributed by atoms with E-state index in [4.69, 9.17) is 16.7 Å². The second-order valence-corrected chi connectivity index (χ2v) is 5.28. The van der Waals surface area contributed by atoms with Crippen LogP contribution in [0.4, 0.5) is 4.79 Å². The summed E-state index contributed by atoms with van der Waals surface area (Å²) in [5.74, 6) is 0.335. The highest BCUT2D eigenvalue weighted by Gasteiger charge is 2.25. The van der Waals surface area contributed by atoms with E-state index in [2.05, 4.69) is 10.2 Å². The van der Waals surface area contributed by atoms with Gasteiger partial charge in [-0.05, 0) is 31.0 Å². The molecule has 0 unspecified atom stereocenters. The van der Waals surface area contributed by atoms with Crippen molar-refractivity contribution >= 4 is 28.6 Å². The van der Waals surface area contributed by atoms with Crippen molar-refractivity contribution in [2.24, 2.45) is 0 Å². The van der Waals surface area contributed by atoms with Crippen LogP contribution in [0, 0.1) is 0 Å². The molecule has 0 spiro atoms. The summed E-state index contributed by atoms with van der Waals surface area (Å²) in [6.45, 7) is 1.15. The first-order valence-electron chi connectivity index (χ1n) is 6.26. The number of piperidine rings is 1. The summed E-state index contributed by atoms with van der Waals surface area (Å²) >= 11 is 5.94. The summed E-state index contributed by atoms with van der Waals surface area (Å²) in [4.78, 5) is 12.4. The van der Waals surface area contributed by atoms with Gasteiger partial charge >= 0.3 is 6.09 Å². The fourth-order valence-corrected chi connectivity index (χ4v) is 2.84. The second-order valence-electron chi connectivity index (χ2n) is 4.84. The molecule has 1 aliphatic rings. The molecule has 1 saturated heterocycles. The fraction of sp³-hybridized carbons (Fsp3) is 0.385. The van der Waals surface area contributed by atoms with Gasteiger partial charge in [0.2, 0.25) is 0 Å². The van der Waals surface area contributed by atoms with E-state index >= 15 is 0 Å². The molecule has 1 aromatic heterocycles. The van der Waals surface area contributed by atoms with Crippen LogP contribution in [0.1, 0.15) is 24.5 Å². The molecule has 2 heterocycles. The van der Waals surface area contributed by atoms with Gasteiger partial charge in [-0.15, -0.1) is 0 Å². The van der Waals surface area contributed by atoms with Crippen LogP contribution < -0.4 is 0 Å². The van der Waals surface area contributed by atoms with Crippen molar-refractivity contribution in [2.75, 3.05) is 13.1 Å². The Kier molecular flexibility index (Phi) is 3.06. The van der Waals surface area contributed by atoms with Crippen molar-refractivity contribution in [3.8, 4) is 0 Å². The van der Waals surface area contributed by atoms with Crippen LogP contribution >= 0.6 is 11.6 Å². The van der Waals surface area contributed by atoms with Crippen molar-refractivity contribution < 1.29 is 9.90 Å². The minimum Gasteiger partial charge on any atom is -0.465 e. The molecule has 0 radical (unpaired) electrons. The molecule has 0 atom stereocenters. The Labute approximate surface area is 115 Å². The highest BCUT2D eigenvalue weighted by molar-refractivity contribution is 6.31. The topological polar surface area (TPSA) is 69.2 Å². The molecule has 0 saturated carbocycles. The van der Waals surface area contributed by atoms with Crippen LogP contribution in [0.25, 0.3) is 10.9 Å². The molecule has 0 bridgehead atoms. The van der Waals surface area contributed by atoms with Crippen molar-refractivity contribution in [3.05, 3.63) is 28.9 Å². The number of H-pyrrole nitrogens is 1. The fourth-order valence-electron chi connectivity index (χ4n) is 2.68. The summed E-state index contributed by atoms with van der Waals surface area (Å²) in [5.41, 5.74) is 1.96. The molecule has 5 nitrogen and oxygen atoms in total. The molecule has 1 fully saturated rings. The normalized spacial score (nSPS) is 17.0. The zero-order valence-corrected chi connectivity index (χ0v) is 11.0. The summed E-state index contributed by atoms with van der Waals surface area (Å²) in [6, 6.07) is 5.67. The Bertz CT molecular complexity index is 617. The van der Waals surface area contributed by atoms with Crippen LogP contribution in [0.15, 0.2) is 18.2 Å². The van der Waals surface area contributed by atoms with Crippen LogP contribution in [0.3, 0.4) is 0 Å². The quantitative estimate of drug-likeness (QED) is 0.843. The number of hydrogen-bond acceptors (Lipinski definition) is 2. The number of aromatic amines is 1. The molecule has 19 heavy (non-hydrogen) atoms. The molecule has 2 N–H and O–H groups in total. The molecule has 1 aromatic carbocycles. The van der Waals surface area contributed by atoms with E-state index in [1.165, 1.54) is 4.90 Å². The largest absolute Gasteiger partial charge is 0.465 e. The monoisotopic (exact) mass is 279 g/mol. The maximum absolute atomic E-state index is 10.9. The van der Waals surface area contributed by atoms with E-state index in [0.717, 1.165) is 29.4 Å². The van der Waals surface area contributed by atoms with E-state index in [1.807, 2.05) is 18.2 Å². The smallest absolute Gasteiger partial charge is 0.407 e. The number of benzene rings is 1. The number of aromatic nitrogens is 2. The van der Waals surface area contributed by atoms with Gasteiger partial charge < -0.3 is 10.0 Å². The van der Waals surface area contributed by atoms with Crippen LogP contribution in [0.2, 0.25) is 5.02 Å². The Morgan fingerprint density at radius 1 is 1.42 bits per heavy atom. The number of fused-ring (bicyclic) bond motifs is 1. The number of hydrogen-bond donors (Lipinski definition) is 2. The molecule has 3 rings (SSSR count). The zero-order valence-electron chi connectivity index (χ0n) is 10.3. The number of nitrogens with one attached hydrogen (secondary N) is 1. The van der Waals surface area contributed by atoms with Crippen molar-refractivity contribution in [1.29, 1.82) is 0 Å². The first-order valence-corrected chi connectivity index (χ1v) is 6.64. The zero-order chi connectivity index (χ0) is 13.4. The highest BCUT2D eigenvalue weighted by atomic mass is 35.5. The first-order chi connectivity index (χ1) is 9.15. The van der Waals surface area contributed by atoms with Gasteiger partial charge in [-0.25, -0.2) is 4.79 Å². The number of carbonyl (C=O) groups is 1. The third-order valence-electron chi connectivity index (χ3n) is 3.72. The van der Waals surface area contributed by atoms with Gasteiger partial charge in [0.25, 0.3) is 0 Å². The lowest BCUT2D eigenvalue weighted by Crippen LogP contribution is -2.36. The Morgan fingerprint density at radius 2 is 2.16 bits per heavy atom. The van der Waals surface area contributed by atoms with Gasteiger partial charge in [0.05, 0.1) is 5.52 Å². The van der Waals surface area contributed by atoms with Crippen LogP contribution in [-0.4, -0.2) is 39.4 Å². The Balaban J connectivity index is 1.84. The maximum Gasteiger partial charge on any atom is 0.407 e. The average molecular weight is 280 g/mol. The van der Waals surface area contributed by atoms with Gasteiger partial charge in [-0.3, -0.25) is 5.10 Å². The lowest BCUT2D eigenvalue weighted by molar-refractivity contribution is 0.132. The average Bonchev–Trinajstić information content (AvgIpc) is 2.81. The van der Waals surface area contributed by atoms with Crippen molar-refractivity contribution in [2.45, 2.75) is 18.8 Å². The molecule has 1 aliphatic heterocycles. The predicted molar refractivity (Wildman–Crippen MR) is 72.7 cm³/mol. The van der Waals surface area contributed by atoms with Gasteiger partial charge in [-0.2, -0.15) is 5.10 Å². The molecule has 6 heteroatoms. The lowest BCUT2D eigenvalue weighted by Gasteiger charge is -2.29. The number of rotatable bonds is 1. The number of nitrogens with zero attached hydrogens (tertiary/aromatic N) is 2. The van der Waals surface area contributed by atoms with Gasteiger partial charge in [0, 0.05) is 35.1 Å². The third kappa shape index (κ3) is 2.26. The molecular formula is C13H14ClN3O2. The third-order valence-corrected chi connectivity index (χ3v) is 3.96. The van der Waals surface area contributed by atoms with Crippen LogP contribution in [-0.2, 0) is 0 Å². The number of halogens is 1. The number of carboxylic acid groups (broad SMARTS) is 1. The molecule has 2 aromatic rings. The van der Waals surface area contributed by atoms with Gasteiger partial charge in [0.15, 0.2) is 0 Å². The van der Waals surface area contributed by atoms with E-state index in [-0.39, 0.29) is 0 Å². The maximum atomic E-state index is 10.9. The van der Waals surface area contributed by atoms with E-state index in [9.17, 15) is 4.79 Å². The summed E-state index contributed by atoms with van der Waals surface area (Å²) in [5, 5.41) is 18.1. The lowest BCUT2D eigenvalue weighted by atomic mass is 9.92. The van der Waals surface area contributed by atoms with Gasteiger partial charge in [-0.1, -0.05) is 11.6 Å². The summed E-state index contributed by atoms with van der Waals surface area (Å²) in [7, 11) is 0. The molecule has 1 amide bonds. The SMILES string of the molecule is O=C(O)N1CCC(c2[nH]nc3cc(Cl)ccc23)CC1. The first kappa shape index (κ1) is 12.3. The number of likely N-dealkylation sites (tertiary alicyclic amines) is 1. The van der Waals surface area contributed by atoms with Crippen molar-refractivity contribution in [1.82, 2.24) is 15.1 Å². The minimum absolute atomic E-state index is 0.335. The summed E-state index contributed by atoms with van der Waals surface area (Å²) in [6.07, 6.45) is 0.818. The molecule has 0 aliphatic carbocycles. The summed E-state index contributed by atoms with van der Waals surface area (Å²) < 4.78 is 0. The van der Waals surface area contributed by atoms with Crippen molar-refractivity contribution in [3.63, 3.8) is 0 Å². The Hall–Kier alpha value is -1.75. The van der Waals surface area contributed by atoms with E-state index in [0.29, 0.717) is 24.0 Å². The predicted octanol–water partition coefficient (Wildman–Crippen LogP) is 3.07. The Morgan fingerprint density at radius 3 is 2.84 bits per heavy atom.